The van der Waals surface area contributed by atoms with Crippen molar-refractivity contribution in [1.29, 1.82) is 0 Å². The minimum absolute atomic E-state index is 0.208. The van der Waals surface area contributed by atoms with Crippen molar-refractivity contribution >= 4 is 0 Å². The van der Waals surface area contributed by atoms with Gasteiger partial charge in [0.25, 0.3) is 0 Å². The molecule has 1 aliphatic rings. The van der Waals surface area contributed by atoms with Crippen LogP contribution in [0.3, 0.4) is 0 Å². The number of rotatable bonds is 3. The van der Waals surface area contributed by atoms with Crippen LogP contribution in [0.4, 0.5) is 0 Å². The van der Waals surface area contributed by atoms with Crippen LogP contribution in [0, 0.1) is 20.8 Å². The molecule has 3 heteroatoms. The molecule has 0 saturated carbocycles. The SMILES string of the molecule is Cc1cc(C)c(C(CN)N2CCN(C)C(C)(C)C2)cc1C. The molecule has 1 aromatic rings. The molecule has 1 heterocycles. The first-order valence-electron chi connectivity index (χ1n) is 7.99. The zero-order valence-corrected chi connectivity index (χ0v) is 14.5. The lowest BCUT2D eigenvalue weighted by atomic mass is 9.92. The standard InChI is InChI=1S/C18H31N3/c1-13-9-15(3)16(10-14(13)2)17(11-19)21-8-7-20(6)18(4,5)12-21/h9-10,17H,7-8,11-12,19H2,1-6H3. The van der Waals surface area contributed by atoms with E-state index >= 15 is 0 Å². The first-order valence-corrected chi connectivity index (χ1v) is 7.99. The summed E-state index contributed by atoms with van der Waals surface area (Å²) in [6.45, 7) is 15.2. The van der Waals surface area contributed by atoms with Crippen molar-refractivity contribution in [1.82, 2.24) is 9.80 Å². The molecule has 0 bridgehead atoms. The number of piperazine rings is 1. The first kappa shape index (κ1) is 16.5. The van der Waals surface area contributed by atoms with E-state index in [0.717, 1.165) is 19.6 Å². The molecule has 2 N–H and O–H groups in total. The number of hydrogen-bond acceptors (Lipinski definition) is 3. The van der Waals surface area contributed by atoms with Crippen LogP contribution in [0.5, 0.6) is 0 Å². The second-order valence-corrected chi connectivity index (χ2v) is 7.25. The van der Waals surface area contributed by atoms with Crippen molar-refractivity contribution in [3.8, 4) is 0 Å². The largest absolute Gasteiger partial charge is 0.329 e. The lowest BCUT2D eigenvalue weighted by molar-refractivity contribution is 0.0179. The topological polar surface area (TPSA) is 32.5 Å². The van der Waals surface area contributed by atoms with Gasteiger partial charge in [0.15, 0.2) is 0 Å². The Kier molecular flexibility index (Phi) is 4.76. The predicted molar refractivity (Wildman–Crippen MR) is 90.7 cm³/mol. The van der Waals surface area contributed by atoms with Gasteiger partial charge in [-0.3, -0.25) is 9.80 Å². The van der Waals surface area contributed by atoms with Crippen LogP contribution < -0.4 is 5.73 Å². The molecule has 0 radical (unpaired) electrons. The van der Waals surface area contributed by atoms with Gasteiger partial charge in [0.05, 0.1) is 0 Å². The fraction of sp³-hybridized carbons (Fsp3) is 0.667. The highest BCUT2D eigenvalue weighted by Gasteiger charge is 2.34. The minimum Gasteiger partial charge on any atom is -0.329 e. The summed E-state index contributed by atoms with van der Waals surface area (Å²) < 4.78 is 0. The fourth-order valence-electron chi connectivity index (χ4n) is 3.36. The third-order valence-electron chi connectivity index (χ3n) is 5.25. The van der Waals surface area contributed by atoms with E-state index in [1.807, 2.05) is 0 Å². The molecule has 0 spiro atoms. The van der Waals surface area contributed by atoms with Crippen LogP contribution in [-0.4, -0.2) is 48.6 Å². The Hall–Kier alpha value is -0.900. The number of aryl methyl sites for hydroxylation is 3. The Labute approximate surface area is 130 Å². The third kappa shape index (κ3) is 3.31. The summed E-state index contributed by atoms with van der Waals surface area (Å²) in [5.41, 5.74) is 11.9. The van der Waals surface area contributed by atoms with Gasteiger partial charge in [-0.2, -0.15) is 0 Å². The summed E-state index contributed by atoms with van der Waals surface area (Å²) in [4.78, 5) is 5.02. The molecule has 1 fully saturated rings. The molecule has 21 heavy (non-hydrogen) atoms. The van der Waals surface area contributed by atoms with E-state index in [9.17, 15) is 0 Å². The molecule has 1 saturated heterocycles. The molecule has 0 amide bonds. The van der Waals surface area contributed by atoms with E-state index in [-0.39, 0.29) is 5.54 Å². The maximum absolute atomic E-state index is 6.16. The van der Waals surface area contributed by atoms with E-state index in [1.54, 1.807) is 0 Å². The third-order valence-corrected chi connectivity index (χ3v) is 5.25. The van der Waals surface area contributed by atoms with E-state index in [2.05, 4.69) is 63.6 Å². The van der Waals surface area contributed by atoms with Crippen LogP contribution in [0.25, 0.3) is 0 Å². The van der Waals surface area contributed by atoms with Gasteiger partial charge in [-0.05, 0) is 63.9 Å². The Bertz CT molecular complexity index is 507. The second kappa shape index (κ2) is 6.07. The fourth-order valence-corrected chi connectivity index (χ4v) is 3.36. The summed E-state index contributed by atoms with van der Waals surface area (Å²) in [7, 11) is 2.22. The number of benzene rings is 1. The van der Waals surface area contributed by atoms with E-state index in [0.29, 0.717) is 12.6 Å². The molecule has 1 unspecified atom stereocenters. The molecule has 0 aliphatic carbocycles. The molecule has 1 aliphatic heterocycles. The van der Waals surface area contributed by atoms with Gasteiger partial charge in [-0.1, -0.05) is 12.1 Å². The highest BCUT2D eigenvalue weighted by molar-refractivity contribution is 5.38. The van der Waals surface area contributed by atoms with Crippen LogP contribution in [0.2, 0.25) is 0 Å². The number of hydrogen-bond donors (Lipinski definition) is 1. The highest BCUT2D eigenvalue weighted by atomic mass is 15.3. The van der Waals surface area contributed by atoms with Crippen LogP contribution >= 0.6 is 0 Å². The van der Waals surface area contributed by atoms with Gasteiger partial charge in [0.2, 0.25) is 0 Å². The Morgan fingerprint density at radius 3 is 2.29 bits per heavy atom. The lowest BCUT2D eigenvalue weighted by Gasteiger charge is -2.48. The van der Waals surface area contributed by atoms with Crippen LogP contribution in [0.1, 0.15) is 42.1 Å². The number of likely N-dealkylation sites (N-methyl/N-ethyl adjacent to an activating group) is 1. The van der Waals surface area contributed by atoms with Crippen molar-refractivity contribution in [2.24, 2.45) is 5.73 Å². The smallest absolute Gasteiger partial charge is 0.0474 e. The molecular formula is C18H31N3. The summed E-state index contributed by atoms with van der Waals surface area (Å²) in [6, 6.07) is 4.97. The maximum Gasteiger partial charge on any atom is 0.0474 e. The van der Waals surface area contributed by atoms with Gasteiger partial charge in [-0.25, -0.2) is 0 Å². The first-order chi connectivity index (χ1) is 9.76. The van der Waals surface area contributed by atoms with Gasteiger partial charge in [-0.15, -0.1) is 0 Å². The Balaban J connectivity index is 2.30. The average molecular weight is 289 g/mol. The van der Waals surface area contributed by atoms with Gasteiger partial charge in [0.1, 0.15) is 0 Å². The molecule has 1 aromatic carbocycles. The number of nitrogens with two attached hydrogens (primary N) is 1. The quantitative estimate of drug-likeness (QED) is 0.928. The van der Waals surface area contributed by atoms with E-state index in [1.165, 1.54) is 22.3 Å². The lowest BCUT2D eigenvalue weighted by Crippen LogP contribution is -2.58. The van der Waals surface area contributed by atoms with Gasteiger partial charge < -0.3 is 5.73 Å². The molecule has 118 valence electrons. The highest BCUT2D eigenvalue weighted by Crippen LogP contribution is 2.30. The monoisotopic (exact) mass is 289 g/mol. The van der Waals surface area contributed by atoms with E-state index < -0.39 is 0 Å². The molecule has 3 nitrogen and oxygen atoms in total. The number of nitrogens with zero attached hydrogens (tertiary/aromatic N) is 2. The minimum atomic E-state index is 0.208. The summed E-state index contributed by atoms with van der Waals surface area (Å²) >= 11 is 0. The maximum atomic E-state index is 6.16. The summed E-state index contributed by atoms with van der Waals surface area (Å²) in [5.74, 6) is 0. The molecule has 1 atom stereocenters. The van der Waals surface area contributed by atoms with Crippen molar-refractivity contribution in [2.75, 3.05) is 33.2 Å². The molecule has 0 aromatic heterocycles. The molecular weight excluding hydrogens is 258 g/mol. The van der Waals surface area contributed by atoms with E-state index in [4.69, 9.17) is 5.73 Å². The normalized spacial score (nSPS) is 21.5. The van der Waals surface area contributed by atoms with Crippen LogP contribution in [-0.2, 0) is 0 Å². The Morgan fingerprint density at radius 1 is 1.10 bits per heavy atom. The van der Waals surface area contributed by atoms with Crippen molar-refractivity contribution in [3.63, 3.8) is 0 Å². The van der Waals surface area contributed by atoms with Crippen molar-refractivity contribution in [3.05, 3.63) is 34.4 Å². The summed E-state index contributed by atoms with van der Waals surface area (Å²) in [5, 5.41) is 0. The van der Waals surface area contributed by atoms with Gasteiger partial charge in [0, 0.05) is 37.8 Å². The van der Waals surface area contributed by atoms with Crippen molar-refractivity contribution < 1.29 is 0 Å². The molecule has 2 rings (SSSR count). The van der Waals surface area contributed by atoms with Gasteiger partial charge >= 0.3 is 0 Å². The Morgan fingerprint density at radius 2 is 1.71 bits per heavy atom. The van der Waals surface area contributed by atoms with Crippen molar-refractivity contribution in [2.45, 2.75) is 46.2 Å². The predicted octanol–water partition coefficient (Wildman–Crippen LogP) is 2.64. The second-order valence-electron chi connectivity index (χ2n) is 7.25. The zero-order valence-electron chi connectivity index (χ0n) is 14.5. The summed E-state index contributed by atoms with van der Waals surface area (Å²) in [6.07, 6.45) is 0. The average Bonchev–Trinajstić information content (AvgIpc) is 2.40. The van der Waals surface area contributed by atoms with Crippen LogP contribution in [0.15, 0.2) is 12.1 Å². The zero-order chi connectivity index (χ0) is 15.8.